The summed E-state index contributed by atoms with van der Waals surface area (Å²) < 4.78 is 0.738. The van der Waals surface area contributed by atoms with Crippen molar-refractivity contribution in [3.8, 4) is 0 Å². The standard InChI is InChI=1S/C12H15BrN2O3/c1-2-5-10(11(16)17)15-12(18)14-9-7-4-3-6-8(9)13/h3-4,6-7,10H,2,5H2,1H3,(H,16,17)(H2,14,15,18)/t10-/m1/s1. The predicted molar refractivity (Wildman–Crippen MR) is 72.6 cm³/mol. The molecule has 1 aromatic rings. The third kappa shape index (κ3) is 4.37. The fourth-order valence-corrected chi connectivity index (χ4v) is 1.81. The molecule has 0 unspecified atom stereocenters. The molecule has 0 aliphatic carbocycles. The first kappa shape index (κ1) is 14.5. The number of hydrogen-bond donors (Lipinski definition) is 3. The number of aliphatic carboxylic acids is 1. The number of rotatable bonds is 5. The third-order valence-electron chi connectivity index (χ3n) is 2.30. The molecule has 0 spiro atoms. The molecule has 0 bridgehead atoms. The van der Waals surface area contributed by atoms with E-state index in [1.807, 2.05) is 13.0 Å². The van der Waals surface area contributed by atoms with Crippen molar-refractivity contribution in [2.45, 2.75) is 25.8 Å². The summed E-state index contributed by atoms with van der Waals surface area (Å²) in [5.41, 5.74) is 0.593. The SMILES string of the molecule is CCC[C@@H](NC(=O)Nc1ccccc1Br)C(=O)O. The Labute approximate surface area is 114 Å². The van der Waals surface area contributed by atoms with Gasteiger partial charge >= 0.3 is 12.0 Å². The van der Waals surface area contributed by atoms with Gasteiger partial charge in [0.05, 0.1) is 5.69 Å². The van der Waals surface area contributed by atoms with Crippen molar-refractivity contribution >= 4 is 33.6 Å². The van der Waals surface area contributed by atoms with Crippen LogP contribution in [0.1, 0.15) is 19.8 Å². The van der Waals surface area contributed by atoms with Gasteiger partial charge in [0.15, 0.2) is 0 Å². The van der Waals surface area contributed by atoms with E-state index in [0.717, 1.165) is 4.47 Å². The van der Waals surface area contributed by atoms with E-state index in [2.05, 4.69) is 26.6 Å². The lowest BCUT2D eigenvalue weighted by atomic mass is 10.2. The number of halogens is 1. The van der Waals surface area contributed by atoms with Gasteiger partial charge in [0, 0.05) is 4.47 Å². The first-order valence-corrected chi connectivity index (χ1v) is 6.38. The van der Waals surface area contributed by atoms with E-state index in [4.69, 9.17) is 5.11 Å². The number of nitrogens with one attached hydrogen (secondary N) is 2. The van der Waals surface area contributed by atoms with Gasteiger partial charge in [-0.2, -0.15) is 0 Å². The normalized spacial score (nSPS) is 11.7. The fraction of sp³-hybridized carbons (Fsp3) is 0.333. The minimum atomic E-state index is -1.03. The number of urea groups is 1. The monoisotopic (exact) mass is 314 g/mol. The zero-order chi connectivity index (χ0) is 13.5. The lowest BCUT2D eigenvalue weighted by molar-refractivity contribution is -0.139. The van der Waals surface area contributed by atoms with Crippen molar-refractivity contribution < 1.29 is 14.7 Å². The maximum Gasteiger partial charge on any atom is 0.326 e. The van der Waals surface area contributed by atoms with E-state index in [0.29, 0.717) is 18.5 Å². The van der Waals surface area contributed by atoms with Crippen LogP contribution in [0.25, 0.3) is 0 Å². The van der Waals surface area contributed by atoms with Crippen LogP contribution in [-0.4, -0.2) is 23.1 Å². The molecule has 5 nitrogen and oxygen atoms in total. The third-order valence-corrected chi connectivity index (χ3v) is 2.99. The number of para-hydroxylation sites is 1. The second kappa shape index (κ2) is 7.00. The Morgan fingerprint density at radius 2 is 2.06 bits per heavy atom. The molecule has 0 aliphatic rings. The minimum absolute atomic E-state index is 0.402. The number of anilines is 1. The number of hydrogen-bond acceptors (Lipinski definition) is 2. The maximum atomic E-state index is 11.6. The molecule has 3 N–H and O–H groups in total. The van der Waals surface area contributed by atoms with E-state index < -0.39 is 18.0 Å². The summed E-state index contributed by atoms with van der Waals surface area (Å²) >= 11 is 3.29. The summed E-state index contributed by atoms with van der Waals surface area (Å²) in [6.07, 6.45) is 1.09. The Balaban J connectivity index is 2.61. The highest BCUT2D eigenvalue weighted by atomic mass is 79.9. The number of benzene rings is 1. The molecule has 1 aromatic carbocycles. The summed E-state index contributed by atoms with van der Waals surface area (Å²) in [5, 5.41) is 13.9. The summed E-state index contributed by atoms with van der Waals surface area (Å²) in [7, 11) is 0. The number of amides is 2. The van der Waals surface area contributed by atoms with Crippen molar-refractivity contribution in [2.24, 2.45) is 0 Å². The van der Waals surface area contributed by atoms with Crippen LogP contribution in [0.5, 0.6) is 0 Å². The highest BCUT2D eigenvalue weighted by molar-refractivity contribution is 9.10. The van der Waals surface area contributed by atoms with Crippen LogP contribution in [0.2, 0.25) is 0 Å². The van der Waals surface area contributed by atoms with E-state index in [-0.39, 0.29) is 0 Å². The number of carboxylic acid groups (broad SMARTS) is 1. The van der Waals surface area contributed by atoms with Crippen LogP contribution in [0.3, 0.4) is 0 Å². The summed E-state index contributed by atoms with van der Waals surface area (Å²) in [5.74, 6) is -1.03. The van der Waals surface area contributed by atoms with Crippen LogP contribution in [0.4, 0.5) is 10.5 Å². The Kier molecular flexibility index (Phi) is 5.64. The molecule has 98 valence electrons. The molecular formula is C12H15BrN2O3. The van der Waals surface area contributed by atoms with E-state index >= 15 is 0 Å². The van der Waals surface area contributed by atoms with Gasteiger partial charge < -0.3 is 15.7 Å². The second-order valence-corrected chi connectivity index (χ2v) is 4.61. The Hall–Kier alpha value is -1.56. The van der Waals surface area contributed by atoms with Crippen molar-refractivity contribution in [3.63, 3.8) is 0 Å². The number of carbonyl (C=O) groups excluding carboxylic acids is 1. The van der Waals surface area contributed by atoms with E-state index in [1.54, 1.807) is 18.2 Å². The zero-order valence-corrected chi connectivity index (χ0v) is 11.5. The van der Waals surface area contributed by atoms with Crippen LogP contribution < -0.4 is 10.6 Å². The quantitative estimate of drug-likeness (QED) is 0.782. The van der Waals surface area contributed by atoms with Gasteiger partial charge in [-0.3, -0.25) is 0 Å². The van der Waals surface area contributed by atoms with Gasteiger partial charge in [-0.05, 0) is 34.5 Å². The average Bonchev–Trinajstić information content (AvgIpc) is 2.31. The van der Waals surface area contributed by atoms with Gasteiger partial charge in [-0.25, -0.2) is 9.59 Å². The van der Waals surface area contributed by atoms with Gasteiger partial charge in [-0.15, -0.1) is 0 Å². The summed E-state index contributed by atoms with van der Waals surface area (Å²) in [4.78, 5) is 22.5. The first-order chi connectivity index (χ1) is 8.54. The molecule has 1 atom stereocenters. The van der Waals surface area contributed by atoms with Crippen LogP contribution in [0, 0.1) is 0 Å². The molecule has 0 radical (unpaired) electrons. The van der Waals surface area contributed by atoms with Crippen LogP contribution >= 0.6 is 15.9 Å². The molecule has 2 amide bonds. The molecule has 18 heavy (non-hydrogen) atoms. The number of carboxylic acids is 1. The largest absolute Gasteiger partial charge is 0.480 e. The molecule has 1 rings (SSSR count). The lowest BCUT2D eigenvalue weighted by Crippen LogP contribution is -2.42. The van der Waals surface area contributed by atoms with Gasteiger partial charge in [0.1, 0.15) is 6.04 Å². The molecule has 0 aliphatic heterocycles. The molecule has 0 heterocycles. The molecular weight excluding hydrogens is 300 g/mol. The maximum absolute atomic E-state index is 11.6. The first-order valence-electron chi connectivity index (χ1n) is 5.59. The summed E-state index contributed by atoms with van der Waals surface area (Å²) in [6, 6.07) is 5.72. The topological polar surface area (TPSA) is 78.4 Å². The van der Waals surface area contributed by atoms with Gasteiger partial charge in [0.2, 0.25) is 0 Å². The van der Waals surface area contributed by atoms with Crippen molar-refractivity contribution in [3.05, 3.63) is 28.7 Å². The number of carbonyl (C=O) groups is 2. The molecule has 0 saturated carbocycles. The van der Waals surface area contributed by atoms with Crippen molar-refractivity contribution in [1.82, 2.24) is 5.32 Å². The molecule has 6 heteroatoms. The van der Waals surface area contributed by atoms with Crippen molar-refractivity contribution in [2.75, 3.05) is 5.32 Å². The van der Waals surface area contributed by atoms with Gasteiger partial charge in [-0.1, -0.05) is 25.5 Å². The zero-order valence-electron chi connectivity index (χ0n) is 9.94. The van der Waals surface area contributed by atoms with Crippen molar-refractivity contribution in [1.29, 1.82) is 0 Å². The van der Waals surface area contributed by atoms with E-state index in [1.165, 1.54) is 0 Å². The molecule has 0 saturated heterocycles. The predicted octanol–water partition coefficient (Wildman–Crippen LogP) is 2.82. The second-order valence-electron chi connectivity index (χ2n) is 3.76. The highest BCUT2D eigenvalue weighted by Crippen LogP contribution is 2.20. The average molecular weight is 315 g/mol. The van der Waals surface area contributed by atoms with Gasteiger partial charge in [0.25, 0.3) is 0 Å². The Morgan fingerprint density at radius 3 is 2.61 bits per heavy atom. The summed E-state index contributed by atoms with van der Waals surface area (Å²) in [6.45, 7) is 1.86. The van der Waals surface area contributed by atoms with Crippen LogP contribution in [-0.2, 0) is 4.79 Å². The smallest absolute Gasteiger partial charge is 0.326 e. The van der Waals surface area contributed by atoms with E-state index in [9.17, 15) is 9.59 Å². The molecule has 0 fully saturated rings. The highest BCUT2D eigenvalue weighted by Gasteiger charge is 2.18. The Morgan fingerprint density at radius 1 is 1.39 bits per heavy atom. The van der Waals surface area contributed by atoms with Crippen LogP contribution in [0.15, 0.2) is 28.7 Å². The Bertz CT molecular complexity index is 437. The lowest BCUT2D eigenvalue weighted by Gasteiger charge is -2.14. The fourth-order valence-electron chi connectivity index (χ4n) is 1.43. The minimum Gasteiger partial charge on any atom is -0.480 e. The molecule has 0 aromatic heterocycles.